The minimum atomic E-state index is -0.0554. The van der Waals surface area contributed by atoms with Crippen molar-refractivity contribution in [1.82, 2.24) is 0 Å². The second-order valence-electron chi connectivity index (χ2n) is 5.60. The highest BCUT2D eigenvalue weighted by Crippen LogP contribution is 2.47. The van der Waals surface area contributed by atoms with Crippen molar-refractivity contribution in [2.24, 2.45) is 0 Å². The highest BCUT2D eigenvalue weighted by Gasteiger charge is 2.26. The first-order valence-electron chi connectivity index (χ1n) is 7.86. The minimum absolute atomic E-state index is 0.0554. The average Bonchev–Trinajstić information content (AvgIpc) is 2.64. The Hall–Kier alpha value is -2.30. The van der Waals surface area contributed by atoms with Gasteiger partial charge < -0.3 is 0 Å². The van der Waals surface area contributed by atoms with Gasteiger partial charge in [-0.1, -0.05) is 64.1 Å². The highest BCUT2D eigenvalue weighted by molar-refractivity contribution is 9.10. The molecule has 0 fully saturated rings. The highest BCUT2D eigenvalue weighted by atomic mass is 79.9. The van der Waals surface area contributed by atoms with Crippen LogP contribution in [-0.4, -0.2) is 5.91 Å². The van der Waals surface area contributed by atoms with Crippen LogP contribution in [0.15, 0.2) is 93.1 Å². The van der Waals surface area contributed by atoms with Crippen LogP contribution < -0.4 is 4.90 Å². The lowest BCUT2D eigenvalue weighted by Gasteiger charge is -2.30. The molecule has 0 aliphatic carbocycles. The molecule has 2 nitrogen and oxygen atoms in total. The molecule has 1 aliphatic heterocycles. The van der Waals surface area contributed by atoms with Crippen LogP contribution in [0.2, 0.25) is 0 Å². The lowest BCUT2D eigenvalue weighted by molar-refractivity contribution is -0.113. The second kappa shape index (κ2) is 6.90. The Morgan fingerprint density at radius 2 is 1.52 bits per heavy atom. The molecule has 4 rings (SSSR count). The molecule has 0 saturated heterocycles. The number of amides is 1. The second-order valence-corrected chi connectivity index (χ2v) is 7.60. The molecule has 3 aromatic rings. The number of hydrogen-bond donors (Lipinski definition) is 0. The van der Waals surface area contributed by atoms with Gasteiger partial charge in [-0.15, -0.1) is 0 Å². The van der Waals surface area contributed by atoms with E-state index in [-0.39, 0.29) is 5.91 Å². The summed E-state index contributed by atoms with van der Waals surface area (Å²) in [5.74, 6) is -0.0554. The van der Waals surface area contributed by atoms with Crippen molar-refractivity contribution in [2.75, 3.05) is 4.90 Å². The van der Waals surface area contributed by atoms with Crippen molar-refractivity contribution in [2.45, 2.75) is 9.79 Å². The zero-order valence-corrected chi connectivity index (χ0v) is 15.6. The molecule has 0 bridgehead atoms. The molecular weight excluding hydrogens is 394 g/mol. The Labute approximate surface area is 159 Å². The van der Waals surface area contributed by atoms with Crippen molar-refractivity contribution in [3.63, 3.8) is 0 Å². The Morgan fingerprint density at radius 3 is 2.16 bits per heavy atom. The topological polar surface area (TPSA) is 20.3 Å². The van der Waals surface area contributed by atoms with Crippen molar-refractivity contribution < 1.29 is 4.79 Å². The van der Waals surface area contributed by atoms with E-state index in [4.69, 9.17) is 0 Å². The van der Waals surface area contributed by atoms with Crippen LogP contribution in [0.1, 0.15) is 5.56 Å². The van der Waals surface area contributed by atoms with Gasteiger partial charge in [0.25, 0.3) is 5.91 Å². The van der Waals surface area contributed by atoms with Crippen molar-refractivity contribution >= 4 is 51.0 Å². The van der Waals surface area contributed by atoms with Crippen LogP contribution in [0.5, 0.6) is 0 Å². The van der Waals surface area contributed by atoms with Crippen LogP contribution in [0.3, 0.4) is 0 Å². The summed E-state index contributed by atoms with van der Waals surface area (Å²) in [5.41, 5.74) is 2.83. The van der Waals surface area contributed by atoms with E-state index in [9.17, 15) is 4.79 Å². The molecule has 0 radical (unpaired) electrons. The maximum atomic E-state index is 13.0. The van der Waals surface area contributed by atoms with Gasteiger partial charge >= 0.3 is 0 Å². The van der Waals surface area contributed by atoms with Crippen molar-refractivity contribution in [3.8, 4) is 0 Å². The molecule has 25 heavy (non-hydrogen) atoms. The number of carbonyl (C=O) groups excluding carboxylic acids is 1. The van der Waals surface area contributed by atoms with Crippen LogP contribution in [0, 0.1) is 0 Å². The van der Waals surface area contributed by atoms with E-state index >= 15 is 0 Å². The molecule has 122 valence electrons. The van der Waals surface area contributed by atoms with E-state index in [1.807, 2.05) is 78.9 Å². The third kappa shape index (κ3) is 3.28. The van der Waals surface area contributed by atoms with Gasteiger partial charge in [0, 0.05) is 20.3 Å². The zero-order valence-electron chi connectivity index (χ0n) is 13.2. The van der Waals surface area contributed by atoms with Gasteiger partial charge in [0.1, 0.15) is 0 Å². The summed E-state index contributed by atoms with van der Waals surface area (Å²) in [5, 5.41) is 0. The fourth-order valence-corrected chi connectivity index (χ4v) is 4.27. The molecule has 0 spiro atoms. The number of carbonyl (C=O) groups is 1. The number of nitrogens with zero attached hydrogens (tertiary/aromatic N) is 1. The predicted molar refractivity (Wildman–Crippen MR) is 107 cm³/mol. The number of fused-ring (bicyclic) bond motifs is 2. The molecule has 1 amide bonds. The molecular formula is C21H14BrNOS. The molecule has 0 N–H and O–H groups in total. The number of hydrogen-bond acceptors (Lipinski definition) is 2. The molecule has 0 atom stereocenters. The van der Waals surface area contributed by atoms with E-state index in [0.29, 0.717) is 0 Å². The molecule has 4 heteroatoms. The Balaban J connectivity index is 1.73. The molecule has 0 saturated carbocycles. The van der Waals surface area contributed by atoms with Crippen molar-refractivity contribution in [3.05, 3.63) is 88.9 Å². The van der Waals surface area contributed by atoms with E-state index in [2.05, 4.69) is 15.9 Å². The Morgan fingerprint density at radius 1 is 0.880 bits per heavy atom. The molecule has 3 aromatic carbocycles. The SMILES string of the molecule is O=C(C=Cc1cccc(Br)c1)N1c2ccccc2Sc2ccccc21. The third-order valence-electron chi connectivity index (χ3n) is 3.92. The Kier molecular flexibility index (Phi) is 4.47. The van der Waals surface area contributed by atoms with Gasteiger partial charge in [0.15, 0.2) is 0 Å². The summed E-state index contributed by atoms with van der Waals surface area (Å²) in [6, 6.07) is 23.9. The summed E-state index contributed by atoms with van der Waals surface area (Å²) in [6.45, 7) is 0. The number of halogens is 1. The van der Waals surface area contributed by atoms with Crippen molar-refractivity contribution in [1.29, 1.82) is 0 Å². The van der Waals surface area contributed by atoms with Gasteiger partial charge in [-0.3, -0.25) is 9.69 Å². The normalized spacial score (nSPS) is 12.8. The number of anilines is 2. The summed E-state index contributed by atoms with van der Waals surface area (Å²) < 4.78 is 0.993. The third-order valence-corrected chi connectivity index (χ3v) is 5.54. The van der Waals surface area contributed by atoms with Crippen LogP contribution >= 0.6 is 27.7 Å². The lowest BCUT2D eigenvalue weighted by atomic mass is 10.2. The van der Waals surface area contributed by atoms with E-state index in [1.54, 1.807) is 22.7 Å². The maximum Gasteiger partial charge on any atom is 0.255 e. The molecule has 0 unspecified atom stereocenters. The largest absolute Gasteiger partial charge is 0.275 e. The maximum absolute atomic E-state index is 13.0. The number of rotatable bonds is 2. The quantitative estimate of drug-likeness (QED) is 0.465. The number of para-hydroxylation sites is 2. The summed E-state index contributed by atoms with van der Waals surface area (Å²) in [4.78, 5) is 17.0. The minimum Gasteiger partial charge on any atom is -0.275 e. The summed E-state index contributed by atoms with van der Waals surface area (Å²) in [6.07, 6.45) is 3.48. The van der Waals surface area contributed by atoms with E-state index in [0.717, 1.165) is 31.2 Å². The van der Waals surface area contributed by atoms with Crippen LogP contribution in [0.25, 0.3) is 6.08 Å². The van der Waals surface area contributed by atoms with Crippen LogP contribution in [-0.2, 0) is 4.79 Å². The van der Waals surface area contributed by atoms with Gasteiger partial charge in [0.05, 0.1) is 11.4 Å². The first-order valence-corrected chi connectivity index (χ1v) is 9.47. The smallest absolute Gasteiger partial charge is 0.255 e. The van der Waals surface area contributed by atoms with Gasteiger partial charge in [-0.25, -0.2) is 0 Å². The van der Waals surface area contributed by atoms with E-state index < -0.39 is 0 Å². The van der Waals surface area contributed by atoms with Gasteiger partial charge in [-0.05, 0) is 48.0 Å². The lowest BCUT2D eigenvalue weighted by Crippen LogP contribution is -2.26. The monoisotopic (exact) mass is 407 g/mol. The molecule has 1 heterocycles. The Bertz CT molecular complexity index is 937. The van der Waals surface area contributed by atoms with Gasteiger partial charge in [0.2, 0.25) is 0 Å². The fraction of sp³-hybridized carbons (Fsp3) is 0. The summed E-state index contributed by atoms with van der Waals surface area (Å²) >= 11 is 5.15. The molecule has 1 aliphatic rings. The zero-order chi connectivity index (χ0) is 17.2. The van der Waals surface area contributed by atoms with Gasteiger partial charge in [-0.2, -0.15) is 0 Å². The van der Waals surface area contributed by atoms with Crippen LogP contribution in [0.4, 0.5) is 11.4 Å². The predicted octanol–water partition coefficient (Wildman–Crippen LogP) is 6.29. The van der Waals surface area contributed by atoms with E-state index in [1.165, 1.54) is 0 Å². The first-order chi connectivity index (χ1) is 12.2. The average molecular weight is 408 g/mol. The molecule has 0 aromatic heterocycles. The summed E-state index contributed by atoms with van der Waals surface area (Å²) in [7, 11) is 0. The standard InChI is InChI=1S/C21H14BrNOS/c22-16-7-5-6-15(14-16)12-13-21(24)23-17-8-1-3-10-19(17)25-20-11-4-2-9-18(20)23/h1-14H. The fourth-order valence-electron chi connectivity index (χ4n) is 2.79. The number of benzene rings is 3. The first kappa shape index (κ1) is 16.2.